The van der Waals surface area contributed by atoms with Crippen LogP contribution in [-0.4, -0.2) is 40.7 Å². The molecule has 1 saturated heterocycles. The second-order valence-electron chi connectivity index (χ2n) is 4.46. The number of carbonyl (C=O) groups excluding carboxylic acids is 2. The monoisotopic (exact) mass is 276 g/mol. The average molecular weight is 277 g/mol. The number of piperazine rings is 1. The van der Waals surface area contributed by atoms with Crippen molar-refractivity contribution in [3.63, 3.8) is 0 Å². The van der Waals surface area contributed by atoms with E-state index in [0.717, 1.165) is 0 Å². The average Bonchev–Trinajstić information content (AvgIpc) is 2.10. The molecule has 1 rings (SSSR count). The molecule has 1 N–H and O–H groups in total. The largest absolute Gasteiger partial charge is 0.345 e. The van der Waals surface area contributed by atoms with Crippen LogP contribution in [0.1, 0.15) is 20.8 Å². The lowest BCUT2D eigenvalue weighted by molar-refractivity contribution is -0.140. The van der Waals surface area contributed by atoms with Crippen molar-refractivity contribution in [1.82, 2.24) is 10.2 Å². The van der Waals surface area contributed by atoms with Crippen molar-refractivity contribution in [2.24, 2.45) is 5.92 Å². The van der Waals surface area contributed by atoms with E-state index in [-0.39, 0.29) is 29.2 Å². The van der Waals surface area contributed by atoms with E-state index in [1.165, 1.54) is 0 Å². The number of amides is 2. The molecule has 0 aromatic heterocycles. The number of hydrogen-bond donors (Lipinski definition) is 1. The fourth-order valence-electron chi connectivity index (χ4n) is 1.30. The fourth-order valence-corrected chi connectivity index (χ4v) is 1.61. The molecule has 86 valence electrons. The normalized spacial score (nSPS) is 21.5. The van der Waals surface area contributed by atoms with E-state index in [1.54, 1.807) is 4.90 Å². The molecule has 1 aliphatic heterocycles. The second-order valence-corrected chi connectivity index (χ2v) is 6.27. The molecule has 2 amide bonds. The van der Waals surface area contributed by atoms with Crippen molar-refractivity contribution in [2.45, 2.75) is 25.1 Å². The van der Waals surface area contributed by atoms with Gasteiger partial charge in [0.25, 0.3) is 0 Å². The maximum Gasteiger partial charge on any atom is 0.242 e. The SMILES string of the molecule is CC(C)C(C)(Br)CN1CC(=O)NCC1=O. The van der Waals surface area contributed by atoms with Crippen LogP contribution in [0.25, 0.3) is 0 Å². The lowest BCUT2D eigenvalue weighted by Gasteiger charge is -2.35. The van der Waals surface area contributed by atoms with E-state index >= 15 is 0 Å². The number of rotatable bonds is 3. The molecule has 0 radical (unpaired) electrons. The molecule has 1 atom stereocenters. The Bertz CT molecular complexity index is 277. The molecule has 0 saturated carbocycles. The number of hydrogen-bond acceptors (Lipinski definition) is 2. The predicted octanol–water partition coefficient (Wildman–Crippen LogP) is 0.754. The van der Waals surface area contributed by atoms with E-state index in [1.807, 2.05) is 6.92 Å². The summed E-state index contributed by atoms with van der Waals surface area (Å²) in [6.45, 7) is 7.08. The molecule has 5 heteroatoms. The topological polar surface area (TPSA) is 49.4 Å². The Labute approximate surface area is 98.5 Å². The van der Waals surface area contributed by atoms with Gasteiger partial charge in [0, 0.05) is 10.9 Å². The third kappa shape index (κ3) is 3.19. The fraction of sp³-hybridized carbons (Fsp3) is 0.800. The Morgan fingerprint density at radius 2 is 2.13 bits per heavy atom. The maximum atomic E-state index is 11.5. The number of nitrogens with one attached hydrogen (secondary N) is 1. The van der Waals surface area contributed by atoms with Crippen molar-refractivity contribution >= 4 is 27.7 Å². The van der Waals surface area contributed by atoms with Crippen LogP contribution in [0.3, 0.4) is 0 Å². The predicted molar refractivity (Wildman–Crippen MR) is 61.8 cm³/mol. The van der Waals surface area contributed by atoms with Gasteiger partial charge < -0.3 is 10.2 Å². The van der Waals surface area contributed by atoms with Gasteiger partial charge in [-0.25, -0.2) is 0 Å². The minimum Gasteiger partial charge on any atom is -0.345 e. The van der Waals surface area contributed by atoms with E-state index in [4.69, 9.17) is 0 Å². The zero-order valence-electron chi connectivity index (χ0n) is 9.34. The molecular formula is C10H17BrN2O2. The first-order valence-electron chi connectivity index (χ1n) is 5.06. The highest BCUT2D eigenvalue weighted by Gasteiger charge is 2.32. The van der Waals surface area contributed by atoms with Crippen LogP contribution in [0.2, 0.25) is 0 Å². The number of halogens is 1. The van der Waals surface area contributed by atoms with Crippen molar-refractivity contribution in [1.29, 1.82) is 0 Å². The quantitative estimate of drug-likeness (QED) is 0.774. The van der Waals surface area contributed by atoms with Gasteiger partial charge in [-0.2, -0.15) is 0 Å². The van der Waals surface area contributed by atoms with Crippen LogP contribution in [-0.2, 0) is 9.59 Å². The van der Waals surface area contributed by atoms with Gasteiger partial charge in [0.15, 0.2) is 0 Å². The van der Waals surface area contributed by atoms with Gasteiger partial charge in [-0.15, -0.1) is 0 Å². The summed E-state index contributed by atoms with van der Waals surface area (Å²) in [6, 6.07) is 0. The van der Waals surface area contributed by atoms with Gasteiger partial charge in [-0.05, 0) is 12.8 Å². The lowest BCUT2D eigenvalue weighted by atomic mass is 9.97. The first kappa shape index (κ1) is 12.5. The molecule has 15 heavy (non-hydrogen) atoms. The smallest absolute Gasteiger partial charge is 0.242 e. The minimum absolute atomic E-state index is 0.0130. The van der Waals surface area contributed by atoms with Crippen LogP contribution in [0.4, 0.5) is 0 Å². The van der Waals surface area contributed by atoms with Gasteiger partial charge >= 0.3 is 0 Å². The molecule has 0 bridgehead atoms. The highest BCUT2D eigenvalue weighted by atomic mass is 79.9. The van der Waals surface area contributed by atoms with Crippen LogP contribution < -0.4 is 5.32 Å². The summed E-state index contributed by atoms with van der Waals surface area (Å²) in [5, 5.41) is 2.53. The van der Waals surface area contributed by atoms with Crippen molar-refractivity contribution in [3.05, 3.63) is 0 Å². The molecule has 0 aliphatic carbocycles. The third-order valence-electron chi connectivity index (χ3n) is 2.83. The van der Waals surface area contributed by atoms with Gasteiger partial charge in [-0.1, -0.05) is 29.8 Å². The number of nitrogens with zero attached hydrogens (tertiary/aromatic N) is 1. The summed E-state index contributed by atoms with van der Waals surface area (Å²) >= 11 is 3.60. The van der Waals surface area contributed by atoms with Gasteiger partial charge in [0.1, 0.15) is 0 Å². The summed E-state index contributed by atoms with van der Waals surface area (Å²) in [4.78, 5) is 24.3. The third-order valence-corrected chi connectivity index (χ3v) is 3.99. The van der Waals surface area contributed by atoms with Crippen LogP contribution in [0, 0.1) is 5.92 Å². The van der Waals surface area contributed by atoms with Crippen LogP contribution >= 0.6 is 15.9 Å². The molecule has 1 fully saturated rings. The number of carbonyl (C=O) groups is 2. The van der Waals surface area contributed by atoms with Gasteiger partial charge in [-0.3, -0.25) is 9.59 Å². The first-order valence-corrected chi connectivity index (χ1v) is 5.85. The van der Waals surface area contributed by atoms with Gasteiger partial charge in [0.05, 0.1) is 13.1 Å². The number of alkyl halides is 1. The van der Waals surface area contributed by atoms with E-state index in [2.05, 4.69) is 35.1 Å². The molecular weight excluding hydrogens is 260 g/mol. The highest BCUT2D eigenvalue weighted by molar-refractivity contribution is 9.10. The molecule has 1 unspecified atom stereocenters. The van der Waals surface area contributed by atoms with Crippen LogP contribution in [0.5, 0.6) is 0 Å². The molecule has 1 heterocycles. The summed E-state index contributed by atoms with van der Waals surface area (Å²) in [5.74, 6) is 0.304. The molecule has 0 aromatic rings. The Hall–Kier alpha value is -0.580. The van der Waals surface area contributed by atoms with E-state index in [0.29, 0.717) is 12.5 Å². The van der Waals surface area contributed by atoms with E-state index in [9.17, 15) is 9.59 Å². The standard InChI is InChI=1S/C10H17BrN2O2/c1-7(2)10(3,11)6-13-5-8(14)12-4-9(13)15/h7H,4-6H2,1-3H3,(H,12,14). The first-order chi connectivity index (χ1) is 6.83. The Kier molecular flexibility index (Phi) is 3.76. The molecule has 1 aliphatic rings. The second kappa shape index (κ2) is 4.51. The lowest BCUT2D eigenvalue weighted by Crippen LogP contribution is -2.55. The Morgan fingerprint density at radius 1 is 1.53 bits per heavy atom. The Morgan fingerprint density at radius 3 is 2.67 bits per heavy atom. The van der Waals surface area contributed by atoms with Crippen molar-refractivity contribution in [2.75, 3.05) is 19.6 Å². The van der Waals surface area contributed by atoms with Gasteiger partial charge in [0.2, 0.25) is 11.8 Å². The summed E-state index contributed by atoms with van der Waals surface area (Å²) in [5.41, 5.74) is 0. The van der Waals surface area contributed by atoms with E-state index < -0.39 is 0 Å². The zero-order chi connectivity index (χ0) is 11.6. The summed E-state index contributed by atoms with van der Waals surface area (Å²) in [7, 11) is 0. The molecule has 4 nitrogen and oxygen atoms in total. The summed E-state index contributed by atoms with van der Waals surface area (Å²) < 4.78 is -0.139. The Balaban J connectivity index is 2.63. The highest BCUT2D eigenvalue weighted by Crippen LogP contribution is 2.28. The van der Waals surface area contributed by atoms with Crippen LogP contribution in [0.15, 0.2) is 0 Å². The maximum absolute atomic E-state index is 11.5. The minimum atomic E-state index is -0.139. The zero-order valence-corrected chi connectivity index (χ0v) is 10.9. The summed E-state index contributed by atoms with van der Waals surface area (Å²) in [6.07, 6.45) is 0. The van der Waals surface area contributed by atoms with Crippen molar-refractivity contribution < 1.29 is 9.59 Å². The molecule has 0 aromatic carbocycles. The molecule has 0 spiro atoms. The van der Waals surface area contributed by atoms with Crippen molar-refractivity contribution in [3.8, 4) is 0 Å².